The van der Waals surface area contributed by atoms with Gasteiger partial charge in [-0.05, 0) is 77.2 Å². The number of aliphatic hydroxyl groups is 1. The number of ether oxygens (including phenoxy) is 1. The topological polar surface area (TPSA) is 49.8 Å². The van der Waals surface area contributed by atoms with Crippen LogP contribution in [0.1, 0.15) is 66.1 Å². The van der Waals surface area contributed by atoms with E-state index in [1.54, 1.807) is 4.90 Å². The number of nitrogens with zero attached hydrogens (tertiary/aromatic N) is 1. The molecule has 0 spiro atoms. The Morgan fingerprint density at radius 2 is 1.76 bits per heavy atom. The van der Waals surface area contributed by atoms with Crippen molar-refractivity contribution in [1.82, 2.24) is 4.90 Å². The van der Waals surface area contributed by atoms with E-state index >= 15 is 0 Å². The minimum Gasteiger partial charge on any atom is -0.415 e. The van der Waals surface area contributed by atoms with Crippen molar-refractivity contribution < 1.29 is 14.6 Å². The van der Waals surface area contributed by atoms with Crippen molar-refractivity contribution >= 4 is 22.0 Å². The fourth-order valence-corrected chi connectivity index (χ4v) is 4.35. The number of aliphatic hydroxyl groups excluding tert-OH is 1. The van der Waals surface area contributed by atoms with Crippen molar-refractivity contribution in [2.75, 3.05) is 0 Å². The molecule has 2 rings (SSSR count). The molecule has 0 saturated heterocycles. The van der Waals surface area contributed by atoms with Crippen LogP contribution in [-0.4, -0.2) is 28.2 Å². The van der Waals surface area contributed by atoms with Crippen molar-refractivity contribution in [2.24, 2.45) is 11.8 Å². The van der Waals surface area contributed by atoms with Crippen molar-refractivity contribution in [3.8, 4) is 0 Å². The van der Waals surface area contributed by atoms with Gasteiger partial charge in [-0.2, -0.15) is 0 Å². The van der Waals surface area contributed by atoms with Crippen LogP contribution < -0.4 is 0 Å². The Kier molecular flexibility index (Phi) is 8.12. The number of carbonyl (C=O) groups is 1. The molecule has 1 amide bonds. The van der Waals surface area contributed by atoms with Crippen molar-refractivity contribution in [3.63, 3.8) is 0 Å². The first kappa shape index (κ1) is 23.7. The van der Waals surface area contributed by atoms with Crippen LogP contribution in [0.4, 0.5) is 4.79 Å². The van der Waals surface area contributed by atoms with Crippen molar-refractivity contribution in [1.29, 1.82) is 0 Å². The van der Waals surface area contributed by atoms with E-state index in [2.05, 4.69) is 22.5 Å². The van der Waals surface area contributed by atoms with Crippen LogP contribution in [0, 0.1) is 11.8 Å². The summed E-state index contributed by atoms with van der Waals surface area (Å²) in [6, 6.07) is 7.82. The van der Waals surface area contributed by atoms with Crippen molar-refractivity contribution in [3.05, 3.63) is 57.8 Å². The maximum Gasteiger partial charge on any atom is 0.415 e. The third kappa shape index (κ3) is 5.73. The number of hydrogen-bond donors (Lipinski definition) is 1. The third-order valence-electron chi connectivity index (χ3n) is 5.79. The molecule has 0 bridgehead atoms. The molecule has 0 aliphatic heterocycles. The minimum atomic E-state index is -0.662. The van der Waals surface area contributed by atoms with Crippen LogP contribution in [0.5, 0.6) is 0 Å². The number of halogens is 1. The summed E-state index contributed by atoms with van der Waals surface area (Å²) in [5, 5.41) is 11.1. The first-order chi connectivity index (χ1) is 13.5. The van der Waals surface area contributed by atoms with Crippen LogP contribution in [0.25, 0.3) is 0 Å². The van der Waals surface area contributed by atoms with E-state index in [0.29, 0.717) is 12.2 Å². The van der Waals surface area contributed by atoms with E-state index in [0.717, 1.165) is 27.6 Å². The molecule has 0 radical (unpaired) electrons. The monoisotopic (exact) mass is 463 g/mol. The lowest BCUT2D eigenvalue weighted by molar-refractivity contribution is 0.0786. The summed E-state index contributed by atoms with van der Waals surface area (Å²) in [5.74, 6) is 0.714. The summed E-state index contributed by atoms with van der Waals surface area (Å²) in [6.45, 7) is 16.0. The zero-order valence-corrected chi connectivity index (χ0v) is 20.0. The molecule has 4 nitrogen and oxygen atoms in total. The summed E-state index contributed by atoms with van der Waals surface area (Å²) in [7, 11) is 0. The van der Waals surface area contributed by atoms with E-state index in [1.165, 1.54) is 0 Å². The normalized spacial score (nSPS) is 20.8. The van der Waals surface area contributed by atoms with Gasteiger partial charge in [-0.3, -0.25) is 0 Å². The lowest BCUT2D eigenvalue weighted by Gasteiger charge is -2.36. The quantitative estimate of drug-likeness (QED) is 0.482. The number of benzene rings is 1. The van der Waals surface area contributed by atoms with E-state index in [4.69, 9.17) is 4.74 Å². The molecule has 1 aliphatic rings. The second kappa shape index (κ2) is 9.94. The second-order valence-corrected chi connectivity index (χ2v) is 9.57. The zero-order valence-electron chi connectivity index (χ0n) is 18.4. The summed E-state index contributed by atoms with van der Waals surface area (Å²) in [6.07, 6.45) is 0.437. The molecule has 0 fully saturated rings. The second-order valence-electron chi connectivity index (χ2n) is 8.65. The molecule has 1 N–H and O–H groups in total. The molecule has 0 heterocycles. The fraction of sp³-hybridized carbons (Fsp3) is 0.542. The van der Waals surface area contributed by atoms with E-state index in [-0.39, 0.29) is 30.0 Å². The van der Waals surface area contributed by atoms with Crippen LogP contribution in [-0.2, 0) is 4.74 Å². The van der Waals surface area contributed by atoms with Crippen LogP contribution >= 0.6 is 15.9 Å². The Morgan fingerprint density at radius 3 is 2.24 bits per heavy atom. The molecule has 0 aromatic heterocycles. The Hall–Kier alpha value is -1.59. The number of amides is 1. The highest BCUT2D eigenvalue weighted by Gasteiger charge is 2.35. The fourth-order valence-electron chi connectivity index (χ4n) is 4.09. The first-order valence-electron chi connectivity index (χ1n) is 10.3. The molecular weight excluding hydrogens is 430 g/mol. The molecule has 5 heteroatoms. The van der Waals surface area contributed by atoms with Gasteiger partial charge in [0.15, 0.2) is 0 Å². The summed E-state index contributed by atoms with van der Waals surface area (Å²) in [4.78, 5) is 14.6. The van der Waals surface area contributed by atoms with Gasteiger partial charge in [0.25, 0.3) is 0 Å². The van der Waals surface area contributed by atoms with E-state index < -0.39 is 6.10 Å². The lowest BCUT2D eigenvalue weighted by Crippen LogP contribution is -2.42. The lowest BCUT2D eigenvalue weighted by atomic mass is 9.74. The molecule has 1 aromatic rings. The molecule has 0 saturated carbocycles. The van der Waals surface area contributed by atoms with Crippen molar-refractivity contribution in [2.45, 2.75) is 72.6 Å². The van der Waals surface area contributed by atoms with Crippen LogP contribution in [0.2, 0.25) is 0 Å². The highest BCUT2D eigenvalue weighted by Crippen LogP contribution is 2.43. The molecule has 1 aromatic carbocycles. The summed E-state index contributed by atoms with van der Waals surface area (Å²) in [5.41, 5.74) is 2.85. The summed E-state index contributed by atoms with van der Waals surface area (Å²) >= 11 is 3.44. The average molecular weight is 464 g/mol. The Labute approximate surface area is 183 Å². The molecule has 0 unspecified atom stereocenters. The molecule has 1 aliphatic carbocycles. The number of carbonyl (C=O) groups excluding carboxylic acids is 1. The smallest absolute Gasteiger partial charge is 0.415 e. The summed E-state index contributed by atoms with van der Waals surface area (Å²) < 4.78 is 6.88. The maximum absolute atomic E-state index is 12.9. The van der Waals surface area contributed by atoms with Gasteiger partial charge in [-0.15, -0.1) is 0 Å². The van der Waals surface area contributed by atoms with E-state index in [9.17, 15) is 9.90 Å². The van der Waals surface area contributed by atoms with Gasteiger partial charge in [0.05, 0.1) is 6.10 Å². The van der Waals surface area contributed by atoms with Gasteiger partial charge in [0, 0.05) is 28.9 Å². The Balaban J connectivity index is 2.35. The third-order valence-corrected chi connectivity index (χ3v) is 6.32. The highest BCUT2D eigenvalue weighted by molar-refractivity contribution is 9.10. The Morgan fingerprint density at radius 1 is 1.21 bits per heavy atom. The number of rotatable bonds is 6. The SMILES string of the molecule is C=C(C)[C@H]1CC(OC(=O)N(C(C)C)C(C)C)=C(C)[C@H]([C@@H](O)c2ccc(Br)cc2)C1. The zero-order chi connectivity index (χ0) is 21.9. The standard InChI is InChI=1S/C24H34BrNO3/c1-14(2)19-12-21(23(27)18-8-10-20(25)11-9-18)17(7)22(13-19)29-24(28)26(15(3)4)16(5)6/h8-11,15-16,19,21,23,27H,1,12-13H2,2-7H3/t19-,21-,23+/m1/s1. The average Bonchev–Trinajstić information content (AvgIpc) is 2.62. The molecule has 160 valence electrons. The first-order valence-corrected chi connectivity index (χ1v) is 11.1. The van der Waals surface area contributed by atoms with Crippen LogP contribution in [0.15, 0.2) is 52.2 Å². The van der Waals surface area contributed by atoms with Gasteiger partial charge >= 0.3 is 6.09 Å². The van der Waals surface area contributed by atoms with Gasteiger partial charge in [-0.25, -0.2) is 4.79 Å². The van der Waals surface area contributed by atoms with E-state index in [1.807, 2.05) is 65.8 Å². The van der Waals surface area contributed by atoms with Gasteiger partial charge < -0.3 is 14.7 Å². The minimum absolute atomic E-state index is 0.0492. The number of allylic oxidation sites excluding steroid dienone is 2. The molecule has 3 atom stereocenters. The molecular formula is C24H34BrNO3. The Bertz CT molecular complexity index is 759. The highest BCUT2D eigenvalue weighted by atomic mass is 79.9. The van der Waals surface area contributed by atoms with Gasteiger partial charge in [0.1, 0.15) is 5.76 Å². The largest absolute Gasteiger partial charge is 0.415 e. The predicted molar refractivity (Wildman–Crippen MR) is 121 cm³/mol. The van der Waals surface area contributed by atoms with Gasteiger partial charge in [-0.1, -0.05) is 40.2 Å². The van der Waals surface area contributed by atoms with Gasteiger partial charge in [0.2, 0.25) is 0 Å². The number of hydrogen-bond acceptors (Lipinski definition) is 3. The molecule has 29 heavy (non-hydrogen) atoms. The maximum atomic E-state index is 12.9. The van der Waals surface area contributed by atoms with Crippen LogP contribution in [0.3, 0.4) is 0 Å². The predicted octanol–water partition coefficient (Wildman–Crippen LogP) is 6.61.